The lowest BCUT2D eigenvalue weighted by Crippen LogP contribution is -2.17. The van der Waals surface area contributed by atoms with E-state index in [-0.39, 0.29) is 0 Å². The highest BCUT2D eigenvalue weighted by atomic mass is 16.3. The van der Waals surface area contributed by atoms with E-state index in [9.17, 15) is 0 Å². The van der Waals surface area contributed by atoms with Gasteiger partial charge in [0.15, 0.2) is 5.58 Å². The van der Waals surface area contributed by atoms with Crippen LogP contribution in [0.15, 0.2) is 136 Å². The molecule has 4 heterocycles. The number of hydrogen-bond acceptors (Lipinski definition) is 5. The molecule has 1 aliphatic heterocycles. The lowest BCUT2D eigenvalue weighted by atomic mass is 9.91. The van der Waals surface area contributed by atoms with Crippen molar-refractivity contribution in [2.24, 2.45) is 0 Å². The predicted octanol–water partition coefficient (Wildman–Crippen LogP) is 10.5. The number of rotatable bonds is 2. The molecule has 0 N–H and O–H groups in total. The van der Waals surface area contributed by atoms with Gasteiger partial charge < -0.3 is 8.83 Å². The highest BCUT2D eigenvalue weighted by Crippen LogP contribution is 2.51. The van der Waals surface area contributed by atoms with Crippen molar-refractivity contribution in [2.45, 2.75) is 0 Å². The molecule has 200 valence electrons. The van der Waals surface area contributed by atoms with E-state index in [0.717, 1.165) is 66.6 Å². The number of fused-ring (bicyclic) bond motifs is 8. The van der Waals surface area contributed by atoms with Crippen LogP contribution in [0, 0.1) is 0 Å². The molecule has 9 aromatic rings. The highest BCUT2D eigenvalue weighted by molar-refractivity contribution is 6.17. The molecule has 0 saturated carbocycles. The monoisotopic (exact) mass is 551 g/mol. The molecule has 0 fully saturated rings. The minimum Gasteiger partial charge on any atom is -0.456 e. The summed E-state index contributed by atoms with van der Waals surface area (Å²) >= 11 is 0. The minimum absolute atomic E-state index is 0.591. The van der Waals surface area contributed by atoms with E-state index in [0.29, 0.717) is 11.5 Å². The molecule has 6 aromatic carbocycles. The summed E-state index contributed by atoms with van der Waals surface area (Å²) < 4.78 is 12.8. The Kier molecular flexibility index (Phi) is 4.39. The molecule has 10 rings (SSSR count). The Balaban J connectivity index is 1.36. The first-order valence-electron chi connectivity index (χ1n) is 14.3. The van der Waals surface area contributed by atoms with Crippen LogP contribution in [0.1, 0.15) is 0 Å². The minimum atomic E-state index is 0.591. The van der Waals surface area contributed by atoms with Gasteiger partial charge in [0.05, 0.1) is 11.4 Å². The molecule has 0 spiro atoms. The van der Waals surface area contributed by atoms with Crippen LogP contribution in [0.3, 0.4) is 0 Å². The molecular weight excluding hydrogens is 530 g/mol. The first kappa shape index (κ1) is 22.7. The molecule has 0 bridgehead atoms. The van der Waals surface area contributed by atoms with Gasteiger partial charge in [0.1, 0.15) is 28.0 Å². The normalized spacial score (nSPS) is 12.6. The summed E-state index contributed by atoms with van der Waals surface area (Å²) in [4.78, 5) is 12.8. The van der Waals surface area contributed by atoms with Crippen molar-refractivity contribution < 1.29 is 8.83 Å². The van der Waals surface area contributed by atoms with Crippen LogP contribution in [0.25, 0.3) is 77.2 Å². The number of aromatic nitrogens is 2. The van der Waals surface area contributed by atoms with Crippen LogP contribution < -0.4 is 4.90 Å². The number of para-hydroxylation sites is 3. The van der Waals surface area contributed by atoms with Crippen molar-refractivity contribution in [2.75, 3.05) is 4.90 Å². The van der Waals surface area contributed by atoms with Gasteiger partial charge in [0.2, 0.25) is 5.95 Å². The standard InChI is InChI=1S/C38H21N3O2/c1-4-17-28-23(12-1)24-15-7-10-22-11-8-18-29(33(22)24)41(28)38-39-35-26-14-3-6-20-31(26)43-37(35)36(40-38)27-16-9-21-32-34(27)25-13-2-5-19-30(25)42-32/h1-21H. The Hall–Kier alpha value is -5.94. The van der Waals surface area contributed by atoms with Gasteiger partial charge in [-0.1, -0.05) is 91.0 Å². The maximum atomic E-state index is 6.53. The Morgan fingerprint density at radius 1 is 0.465 bits per heavy atom. The molecule has 0 amide bonds. The molecule has 5 heteroatoms. The van der Waals surface area contributed by atoms with E-state index < -0.39 is 0 Å². The van der Waals surface area contributed by atoms with Crippen molar-refractivity contribution in [3.63, 3.8) is 0 Å². The Morgan fingerprint density at radius 2 is 1.12 bits per heavy atom. The predicted molar refractivity (Wildman–Crippen MR) is 173 cm³/mol. The zero-order chi connectivity index (χ0) is 28.1. The number of nitrogens with zero attached hydrogens (tertiary/aromatic N) is 3. The molecule has 0 radical (unpaired) electrons. The third kappa shape index (κ3) is 3.05. The Bertz CT molecular complexity index is 2590. The van der Waals surface area contributed by atoms with Gasteiger partial charge in [-0.05, 0) is 47.3 Å². The van der Waals surface area contributed by atoms with E-state index in [1.807, 2.05) is 48.5 Å². The molecular formula is C38H21N3O2. The van der Waals surface area contributed by atoms with E-state index >= 15 is 0 Å². The number of anilines is 3. The first-order valence-corrected chi connectivity index (χ1v) is 14.3. The zero-order valence-corrected chi connectivity index (χ0v) is 22.8. The van der Waals surface area contributed by atoms with Crippen LogP contribution in [0.5, 0.6) is 0 Å². The summed E-state index contributed by atoms with van der Waals surface area (Å²) in [5, 5.41) is 5.37. The molecule has 0 atom stereocenters. The summed E-state index contributed by atoms with van der Waals surface area (Å²) in [6, 6.07) is 43.7. The van der Waals surface area contributed by atoms with Crippen molar-refractivity contribution in [3.8, 4) is 22.4 Å². The summed E-state index contributed by atoms with van der Waals surface area (Å²) in [5.74, 6) is 0.591. The van der Waals surface area contributed by atoms with Crippen LogP contribution in [0.4, 0.5) is 17.3 Å². The quantitative estimate of drug-likeness (QED) is 0.214. The van der Waals surface area contributed by atoms with E-state index in [4.69, 9.17) is 18.8 Å². The van der Waals surface area contributed by atoms with Crippen LogP contribution >= 0.6 is 0 Å². The second-order valence-corrected chi connectivity index (χ2v) is 11.0. The van der Waals surface area contributed by atoms with Gasteiger partial charge in [-0.2, -0.15) is 0 Å². The second-order valence-electron chi connectivity index (χ2n) is 11.0. The van der Waals surface area contributed by atoms with Crippen molar-refractivity contribution in [1.29, 1.82) is 0 Å². The first-order chi connectivity index (χ1) is 21.3. The van der Waals surface area contributed by atoms with Crippen LogP contribution in [-0.2, 0) is 0 Å². The van der Waals surface area contributed by atoms with Gasteiger partial charge in [-0.3, -0.25) is 4.90 Å². The van der Waals surface area contributed by atoms with Gasteiger partial charge >= 0.3 is 0 Å². The summed E-state index contributed by atoms with van der Waals surface area (Å²) in [6.07, 6.45) is 0. The third-order valence-electron chi connectivity index (χ3n) is 8.62. The summed E-state index contributed by atoms with van der Waals surface area (Å²) in [7, 11) is 0. The lowest BCUT2D eigenvalue weighted by Gasteiger charge is -2.32. The van der Waals surface area contributed by atoms with Gasteiger partial charge in [-0.15, -0.1) is 0 Å². The van der Waals surface area contributed by atoms with Gasteiger partial charge in [0, 0.05) is 32.7 Å². The summed E-state index contributed by atoms with van der Waals surface area (Å²) in [5.41, 5.74) is 10.0. The van der Waals surface area contributed by atoms with Crippen molar-refractivity contribution in [1.82, 2.24) is 9.97 Å². The lowest BCUT2D eigenvalue weighted by molar-refractivity contribution is 0.667. The Labute approximate surface area is 245 Å². The fraction of sp³-hybridized carbons (Fsp3) is 0. The molecule has 43 heavy (non-hydrogen) atoms. The zero-order valence-electron chi connectivity index (χ0n) is 22.8. The number of hydrogen-bond donors (Lipinski definition) is 0. The number of furan rings is 2. The van der Waals surface area contributed by atoms with Crippen molar-refractivity contribution in [3.05, 3.63) is 127 Å². The fourth-order valence-corrected chi connectivity index (χ4v) is 6.81. The third-order valence-corrected chi connectivity index (χ3v) is 8.62. The van der Waals surface area contributed by atoms with E-state index in [2.05, 4.69) is 83.8 Å². The molecule has 1 aliphatic rings. The Morgan fingerprint density at radius 3 is 2.02 bits per heavy atom. The molecule has 0 unspecified atom stereocenters. The van der Waals surface area contributed by atoms with Crippen molar-refractivity contribution >= 4 is 72.1 Å². The molecule has 3 aromatic heterocycles. The van der Waals surface area contributed by atoms with Crippen LogP contribution in [-0.4, -0.2) is 9.97 Å². The van der Waals surface area contributed by atoms with Gasteiger partial charge in [0.25, 0.3) is 0 Å². The smallest absolute Gasteiger partial charge is 0.236 e. The topological polar surface area (TPSA) is 55.3 Å². The second kappa shape index (κ2) is 8.30. The largest absolute Gasteiger partial charge is 0.456 e. The molecule has 0 aliphatic carbocycles. The number of benzene rings is 6. The molecule has 5 nitrogen and oxygen atoms in total. The van der Waals surface area contributed by atoms with Gasteiger partial charge in [-0.25, -0.2) is 9.97 Å². The average molecular weight is 552 g/mol. The highest BCUT2D eigenvalue weighted by Gasteiger charge is 2.29. The molecule has 0 saturated heterocycles. The average Bonchev–Trinajstić information content (AvgIpc) is 3.63. The van der Waals surface area contributed by atoms with E-state index in [1.165, 1.54) is 16.3 Å². The summed E-state index contributed by atoms with van der Waals surface area (Å²) in [6.45, 7) is 0. The fourth-order valence-electron chi connectivity index (χ4n) is 6.81. The maximum Gasteiger partial charge on any atom is 0.236 e. The maximum absolute atomic E-state index is 6.53. The van der Waals surface area contributed by atoms with E-state index in [1.54, 1.807) is 0 Å². The van der Waals surface area contributed by atoms with Crippen LogP contribution in [0.2, 0.25) is 0 Å². The SMILES string of the molecule is c1ccc2c(c1)-c1cccc3cccc(c13)N2c1nc(-c2cccc3oc4ccccc4c23)c2oc3ccccc3c2n1.